The number of rotatable bonds is 2. The zero-order valence-corrected chi connectivity index (χ0v) is 11.7. The third-order valence-corrected chi connectivity index (χ3v) is 3.85. The number of fused-ring (bicyclic) bond motifs is 1. The summed E-state index contributed by atoms with van der Waals surface area (Å²) in [5.74, 6) is -0.421. The molecule has 0 aliphatic carbocycles. The van der Waals surface area contributed by atoms with Gasteiger partial charge in [0.25, 0.3) is 5.91 Å². The molecule has 4 heteroatoms. The fourth-order valence-corrected chi connectivity index (χ4v) is 2.72. The van der Waals surface area contributed by atoms with E-state index in [-0.39, 0.29) is 11.6 Å². The number of aryl methyl sites for hydroxylation is 1. The third-order valence-electron chi connectivity index (χ3n) is 3.85. The minimum Gasteiger partial charge on any atom is -0.396 e. The lowest BCUT2D eigenvalue weighted by atomic mass is 10.0. The maximum Gasteiger partial charge on any atom is 0.254 e. The van der Waals surface area contributed by atoms with Gasteiger partial charge in [-0.2, -0.15) is 0 Å². The number of carbonyl (C=O) groups is 1. The van der Waals surface area contributed by atoms with Gasteiger partial charge >= 0.3 is 0 Å². The molecule has 2 aromatic rings. The van der Waals surface area contributed by atoms with Crippen LogP contribution >= 0.6 is 0 Å². The molecule has 0 saturated heterocycles. The number of benzene rings is 2. The minimum atomic E-state index is -0.435. The van der Waals surface area contributed by atoms with Crippen LogP contribution in [0.4, 0.5) is 10.1 Å². The molecular weight excluding hydrogens is 267 g/mol. The van der Waals surface area contributed by atoms with E-state index in [0.29, 0.717) is 13.1 Å². The van der Waals surface area contributed by atoms with Gasteiger partial charge in [0.1, 0.15) is 5.82 Å². The van der Waals surface area contributed by atoms with Crippen LogP contribution < -0.4 is 5.73 Å². The highest BCUT2D eigenvalue weighted by Gasteiger charge is 2.22. The number of carbonyl (C=O) groups excluding carboxylic acids is 1. The van der Waals surface area contributed by atoms with E-state index in [1.807, 2.05) is 24.3 Å². The molecule has 21 heavy (non-hydrogen) atoms. The van der Waals surface area contributed by atoms with Crippen molar-refractivity contribution in [2.24, 2.45) is 0 Å². The van der Waals surface area contributed by atoms with Gasteiger partial charge in [-0.25, -0.2) is 4.39 Å². The Bertz CT molecular complexity index is 684. The first-order valence-corrected chi connectivity index (χ1v) is 7.06. The molecule has 0 radical (unpaired) electrons. The van der Waals surface area contributed by atoms with Crippen LogP contribution in [-0.4, -0.2) is 17.4 Å². The van der Waals surface area contributed by atoms with Crippen molar-refractivity contribution in [3.63, 3.8) is 0 Å². The molecule has 2 N–H and O–H groups in total. The van der Waals surface area contributed by atoms with E-state index >= 15 is 0 Å². The average molecular weight is 284 g/mol. The molecule has 0 atom stereocenters. The molecule has 0 bridgehead atoms. The number of hydrogen-bond acceptors (Lipinski definition) is 2. The molecule has 0 spiro atoms. The van der Waals surface area contributed by atoms with Crippen molar-refractivity contribution in [3.05, 3.63) is 65.0 Å². The van der Waals surface area contributed by atoms with Crippen LogP contribution in [0.5, 0.6) is 0 Å². The van der Waals surface area contributed by atoms with E-state index < -0.39 is 5.82 Å². The first kappa shape index (κ1) is 13.6. The summed E-state index contributed by atoms with van der Waals surface area (Å²) in [6.07, 6.45) is 1.81. The van der Waals surface area contributed by atoms with Crippen molar-refractivity contribution in [1.82, 2.24) is 4.90 Å². The number of anilines is 1. The number of nitrogens with two attached hydrogens (primary N) is 1. The lowest BCUT2D eigenvalue weighted by Crippen LogP contribution is -2.30. The Labute approximate surface area is 123 Å². The maximum atomic E-state index is 13.5. The molecule has 108 valence electrons. The second-order valence-corrected chi connectivity index (χ2v) is 5.34. The second-order valence-electron chi connectivity index (χ2n) is 5.34. The van der Waals surface area contributed by atoms with Crippen LogP contribution in [-0.2, 0) is 13.0 Å². The van der Waals surface area contributed by atoms with Crippen LogP contribution in [0.1, 0.15) is 27.9 Å². The number of nitrogens with zero attached hydrogens (tertiary/aromatic N) is 1. The Kier molecular flexibility index (Phi) is 3.60. The van der Waals surface area contributed by atoms with Crippen molar-refractivity contribution >= 4 is 11.6 Å². The molecule has 1 aliphatic rings. The summed E-state index contributed by atoms with van der Waals surface area (Å²) in [5, 5.41) is 0. The van der Waals surface area contributed by atoms with Crippen molar-refractivity contribution in [1.29, 1.82) is 0 Å². The summed E-state index contributed by atoms with van der Waals surface area (Å²) in [4.78, 5) is 14.4. The Balaban J connectivity index is 1.85. The Morgan fingerprint density at radius 1 is 1.19 bits per heavy atom. The van der Waals surface area contributed by atoms with E-state index in [1.54, 1.807) is 17.0 Å². The van der Waals surface area contributed by atoms with Gasteiger partial charge in [0, 0.05) is 18.7 Å². The zero-order chi connectivity index (χ0) is 14.8. The van der Waals surface area contributed by atoms with Gasteiger partial charge in [-0.3, -0.25) is 4.79 Å². The van der Waals surface area contributed by atoms with E-state index in [0.717, 1.165) is 29.5 Å². The molecule has 1 amide bonds. The van der Waals surface area contributed by atoms with Crippen LogP contribution in [0.25, 0.3) is 0 Å². The third kappa shape index (κ3) is 2.75. The summed E-state index contributed by atoms with van der Waals surface area (Å²) in [6, 6.07) is 12.4. The van der Waals surface area contributed by atoms with E-state index in [1.165, 1.54) is 6.07 Å². The first-order valence-electron chi connectivity index (χ1n) is 7.06. The summed E-state index contributed by atoms with van der Waals surface area (Å²) < 4.78 is 13.5. The molecule has 3 nitrogen and oxygen atoms in total. The van der Waals surface area contributed by atoms with Crippen LogP contribution in [0.3, 0.4) is 0 Å². The van der Waals surface area contributed by atoms with Gasteiger partial charge in [-0.1, -0.05) is 24.3 Å². The van der Waals surface area contributed by atoms with E-state index in [4.69, 9.17) is 5.73 Å². The van der Waals surface area contributed by atoms with Crippen LogP contribution in [0.15, 0.2) is 42.5 Å². The van der Waals surface area contributed by atoms with Crippen molar-refractivity contribution in [2.45, 2.75) is 19.4 Å². The standard InChI is InChI=1S/C17H17FN2O/c18-15-10-12(7-8-16(15)19)11-20-9-3-5-13-4-1-2-6-14(13)17(20)21/h1-2,4,6-8,10H,3,5,9,11,19H2. The maximum absolute atomic E-state index is 13.5. The zero-order valence-electron chi connectivity index (χ0n) is 11.7. The lowest BCUT2D eigenvalue weighted by Gasteiger charge is -2.21. The largest absolute Gasteiger partial charge is 0.396 e. The molecule has 1 aliphatic heterocycles. The predicted molar refractivity (Wildman–Crippen MR) is 80.3 cm³/mol. The molecule has 0 aromatic heterocycles. The number of hydrogen-bond donors (Lipinski definition) is 1. The number of nitrogen functional groups attached to an aromatic ring is 1. The molecule has 3 rings (SSSR count). The second kappa shape index (κ2) is 5.56. The Morgan fingerprint density at radius 3 is 2.81 bits per heavy atom. The SMILES string of the molecule is Nc1ccc(CN2CCCc3ccccc3C2=O)cc1F. The fraction of sp³-hybridized carbons (Fsp3) is 0.235. The van der Waals surface area contributed by atoms with Crippen molar-refractivity contribution in [2.75, 3.05) is 12.3 Å². The Hall–Kier alpha value is -2.36. The van der Waals surface area contributed by atoms with Gasteiger partial charge in [0.15, 0.2) is 0 Å². The van der Waals surface area contributed by atoms with Crippen molar-refractivity contribution < 1.29 is 9.18 Å². The van der Waals surface area contributed by atoms with E-state index in [9.17, 15) is 9.18 Å². The summed E-state index contributed by atoms with van der Waals surface area (Å²) in [5.41, 5.74) is 8.22. The summed E-state index contributed by atoms with van der Waals surface area (Å²) in [7, 11) is 0. The highest BCUT2D eigenvalue weighted by Crippen LogP contribution is 2.21. The normalized spacial score (nSPS) is 14.7. The van der Waals surface area contributed by atoms with Gasteiger partial charge < -0.3 is 10.6 Å². The lowest BCUT2D eigenvalue weighted by molar-refractivity contribution is 0.0748. The Morgan fingerprint density at radius 2 is 2.00 bits per heavy atom. The van der Waals surface area contributed by atoms with Gasteiger partial charge in [0.05, 0.1) is 5.69 Å². The number of halogens is 1. The molecule has 0 saturated carbocycles. The van der Waals surface area contributed by atoms with Crippen LogP contribution in [0, 0.1) is 5.82 Å². The highest BCUT2D eigenvalue weighted by atomic mass is 19.1. The molecule has 1 heterocycles. The van der Waals surface area contributed by atoms with Crippen molar-refractivity contribution in [3.8, 4) is 0 Å². The smallest absolute Gasteiger partial charge is 0.254 e. The van der Waals surface area contributed by atoms with Gasteiger partial charge in [0.2, 0.25) is 0 Å². The molecule has 0 fully saturated rings. The monoisotopic (exact) mass is 284 g/mol. The molecule has 2 aromatic carbocycles. The fourth-order valence-electron chi connectivity index (χ4n) is 2.72. The van der Waals surface area contributed by atoms with Gasteiger partial charge in [-0.05, 0) is 42.2 Å². The van der Waals surface area contributed by atoms with E-state index in [2.05, 4.69) is 0 Å². The minimum absolute atomic E-state index is 0.0142. The molecule has 0 unspecified atom stereocenters. The number of amides is 1. The quantitative estimate of drug-likeness (QED) is 0.862. The summed E-state index contributed by atoms with van der Waals surface area (Å²) >= 11 is 0. The highest BCUT2D eigenvalue weighted by molar-refractivity contribution is 5.96. The van der Waals surface area contributed by atoms with Crippen LogP contribution in [0.2, 0.25) is 0 Å². The summed E-state index contributed by atoms with van der Waals surface area (Å²) in [6.45, 7) is 1.09. The predicted octanol–water partition coefficient (Wildman–Crippen LogP) is 3.00. The molecular formula is C17H17FN2O. The average Bonchev–Trinajstić information content (AvgIpc) is 2.64. The topological polar surface area (TPSA) is 46.3 Å². The van der Waals surface area contributed by atoms with Gasteiger partial charge in [-0.15, -0.1) is 0 Å². The first-order chi connectivity index (χ1) is 10.1.